The Hall–Kier alpha value is -2.57. The van der Waals surface area contributed by atoms with Crippen molar-refractivity contribution in [3.8, 4) is 0 Å². The van der Waals surface area contributed by atoms with Crippen molar-refractivity contribution in [3.05, 3.63) is 30.1 Å². The van der Waals surface area contributed by atoms with Crippen molar-refractivity contribution in [1.82, 2.24) is 20.6 Å². The van der Waals surface area contributed by atoms with Crippen LogP contribution in [0.2, 0.25) is 0 Å². The molecule has 0 spiro atoms. The number of carbonyl (C=O) groups is 2. The topological polar surface area (TPSA) is 96.1 Å². The predicted octanol–water partition coefficient (Wildman–Crippen LogP) is 3.55. The van der Waals surface area contributed by atoms with E-state index < -0.39 is 5.60 Å². The number of amides is 2. The van der Waals surface area contributed by atoms with Crippen molar-refractivity contribution in [3.63, 3.8) is 0 Å². The first kappa shape index (κ1) is 21.1. The van der Waals surface area contributed by atoms with E-state index in [4.69, 9.17) is 4.74 Å². The first-order chi connectivity index (χ1) is 13.8. The molecule has 1 heterocycles. The number of para-hydroxylation sites is 2. The van der Waals surface area contributed by atoms with Gasteiger partial charge in [0.05, 0.1) is 11.0 Å². The Balaban J connectivity index is 1.34. The van der Waals surface area contributed by atoms with Crippen LogP contribution in [-0.2, 0) is 16.0 Å². The van der Waals surface area contributed by atoms with E-state index >= 15 is 0 Å². The summed E-state index contributed by atoms with van der Waals surface area (Å²) < 4.78 is 5.27. The molecule has 7 nitrogen and oxygen atoms in total. The summed E-state index contributed by atoms with van der Waals surface area (Å²) in [6, 6.07) is 7.92. The quantitative estimate of drug-likeness (QED) is 0.691. The van der Waals surface area contributed by atoms with Crippen LogP contribution in [0.1, 0.15) is 52.3 Å². The molecule has 1 aliphatic carbocycles. The predicted molar refractivity (Wildman–Crippen MR) is 112 cm³/mol. The van der Waals surface area contributed by atoms with Gasteiger partial charge in [0.1, 0.15) is 11.4 Å². The maximum Gasteiger partial charge on any atom is 0.407 e. The van der Waals surface area contributed by atoms with E-state index in [2.05, 4.69) is 20.6 Å². The van der Waals surface area contributed by atoms with E-state index in [1.165, 1.54) is 0 Å². The minimum Gasteiger partial charge on any atom is -0.444 e. The molecule has 1 aromatic heterocycles. The number of nitrogens with zero attached hydrogens (tertiary/aromatic N) is 1. The van der Waals surface area contributed by atoms with Crippen LogP contribution < -0.4 is 10.6 Å². The van der Waals surface area contributed by atoms with Gasteiger partial charge in [-0.15, -0.1) is 0 Å². The van der Waals surface area contributed by atoms with E-state index in [0.717, 1.165) is 42.5 Å². The van der Waals surface area contributed by atoms with Crippen molar-refractivity contribution in [1.29, 1.82) is 0 Å². The fraction of sp³-hybridized carbons (Fsp3) is 0.591. The number of carbonyl (C=O) groups excluding carboxylic acids is 2. The Bertz CT molecular complexity index is 799. The molecule has 1 aliphatic rings. The van der Waals surface area contributed by atoms with Crippen LogP contribution in [0.3, 0.4) is 0 Å². The van der Waals surface area contributed by atoms with Gasteiger partial charge in [-0.25, -0.2) is 9.78 Å². The number of aromatic nitrogens is 2. The molecule has 2 aromatic rings. The van der Waals surface area contributed by atoms with Crippen molar-refractivity contribution in [2.75, 3.05) is 13.1 Å². The molecule has 0 radical (unpaired) electrons. The zero-order chi connectivity index (χ0) is 20.9. The minimum atomic E-state index is -0.484. The third kappa shape index (κ3) is 6.48. The second-order valence-corrected chi connectivity index (χ2v) is 8.84. The Morgan fingerprint density at radius 2 is 1.86 bits per heavy atom. The third-order valence-electron chi connectivity index (χ3n) is 5.25. The summed E-state index contributed by atoms with van der Waals surface area (Å²) in [7, 11) is 0. The molecule has 0 unspecified atom stereocenters. The van der Waals surface area contributed by atoms with Gasteiger partial charge in [0.15, 0.2) is 0 Å². The molecule has 1 fully saturated rings. The molecule has 1 aromatic carbocycles. The van der Waals surface area contributed by atoms with E-state index in [9.17, 15) is 9.59 Å². The number of aromatic amines is 1. The van der Waals surface area contributed by atoms with Gasteiger partial charge in [0, 0.05) is 25.4 Å². The van der Waals surface area contributed by atoms with Crippen molar-refractivity contribution >= 4 is 23.0 Å². The third-order valence-corrected chi connectivity index (χ3v) is 5.25. The first-order valence-corrected chi connectivity index (χ1v) is 10.5. The number of alkyl carbamates (subject to hydrolysis) is 1. The lowest BCUT2D eigenvalue weighted by atomic mass is 9.81. The van der Waals surface area contributed by atoms with Gasteiger partial charge in [0.2, 0.25) is 5.91 Å². The monoisotopic (exact) mass is 400 g/mol. The summed E-state index contributed by atoms with van der Waals surface area (Å²) in [4.78, 5) is 32.0. The zero-order valence-electron chi connectivity index (χ0n) is 17.6. The molecular formula is C22H32N4O3. The van der Waals surface area contributed by atoms with E-state index in [1.807, 2.05) is 45.0 Å². The normalized spacial score (nSPS) is 19.7. The molecule has 29 heavy (non-hydrogen) atoms. The number of hydrogen-bond donors (Lipinski definition) is 3. The summed E-state index contributed by atoms with van der Waals surface area (Å²) in [6.07, 6.45) is 3.92. The van der Waals surface area contributed by atoms with E-state index in [1.54, 1.807) is 0 Å². The highest BCUT2D eigenvalue weighted by Gasteiger charge is 2.26. The summed E-state index contributed by atoms with van der Waals surface area (Å²) in [6.45, 7) is 6.74. The fourth-order valence-corrected chi connectivity index (χ4v) is 3.74. The molecule has 3 N–H and O–H groups in total. The highest BCUT2D eigenvalue weighted by atomic mass is 16.6. The molecule has 3 rings (SSSR count). The Morgan fingerprint density at radius 1 is 1.14 bits per heavy atom. The summed E-state index contributed by atoms with van der Waals surface area (Å²) in [5.41, 5.74) is 1.49. The summed E-state index contributed by atoms with van der Waals surface area (Å²) >= 11 is 0. The largest absolute Gasteiger partial charge is 0.444 e. The van der Waals surface area contributed by atoms with Gasteiger partial charge in [-0.3, -0.25) is 4.79 Å². The standard InChI is InChI=1S/C22H32N4O3/c1-22(2,3)29-21(28)24-14-15-8-10-16(11-9-15)20(27)23-13-12-19-25-17-6-4-5-7-18(17)26-19/h4-7,15-16H,8-14H2,1-3H3,(H,23,27)(H,24,28)(H,25,26). The van der Waals surface area contributed by atoms with Crippen molar-refractivity contribution in [2.45, 2.75) is 58.5 Å². The molecule has 158 valence electrons. The highest BCUT2D eigenvalue weighted by Crippen LogP contribution is 2.28. The second-order valence-electron chi connectivity index (χ2n) is 8.84. The zero-order valence-corrected chi connectivity index (χ0v) is 17.6. The van der Waals surface area contributed by atoms with Crippen LogP contribution >= 0.6 is 0 Å². The molecule has 7 heteroatoms. The van der Waals surface area contributed by atoms with Crippen LogP contribution in [0.5, 0.6) is 0 Å². The van der Waals surface area contributed by atoms with E-state index in [0.29, 0.717) is 25.4 Å². The lowest BCUT2D eigenvalue weighted by molar-refractivity contribution is -0.126. The number of rotatable bonds is 6. The average molecular weight is 401 g/mol. The average Bonchev–Trinajstić information content (AvgIpc) is 3.08. The fourth-order valence-electron chi connectivity index (χ4n) is 3.74. The highest BCUT2D eigenvalue weighted by molar-refractivity contribution is 5.78. The lowest BCUT2D eigenvalue weighted by Gasteiger charge is -2.28. The van der Waals surface area contributed by atoms with Crippen LogP contribution in [0.4, 0.5) is 4.79 Å². The molecule has 0 saturated heterocycles. The van der Waals surface area contributed by atoms with Gasteiger partial charge in [0.25, 0.3) is 0 Å². The van der Waals surface area contributed by atoms with Crippen LogP contribution in [-0.4, -0.2) is 40.7 Å². The van der Waals surface area contributed by atoms with E-state index in [-0.39, 0.29) is 17.9 Å². The maximum atomic E-state index is 12.5. The Labute approximate surface area is 172 Å². The SMILES string of the molecule is CC(C)(C)OC(=O)NCC1CCC(C(=O)NCCc2nc3ccccc3[nH]2)CC1. The number of nitrogens with one attached hydrogen (secondary N) is 3. The van der Waals surface area contributed by atoms with Gasteiger partial charge in [-0.2, -0.15) is 0 Å². The van der Waals surface area contributed by atoms with Crippen LogP contribution in [0.25, 0.3) is 11.0 Å². The van der Waals surface area contributed by atoms with Gasteiger partial charge in [-0.1, -0.05) is 12.1 Å². The lowest BCUT2D eigenvalue weighted by Crippen LogP contribution is -2.38. The Morgan fingerprint density at radius 3 is 2.55 bits per heavy atom. The van der Waals surface area contributed by atoms with Crippen molar-refractivity contribution in [2.24, 2.45) is 11.8 Å². The number of fused-ring (bicyclic) bond motifs is 1. The van der Waals surface area contributed by atoms with Crippen molar-refractivity contribution < 1.29 is 14.3 Å². The molecule has 0 bridgehead atoms. The number of hydrogen-bond acceptors (Lipinski definition) is 4. The number of imidazole rings is 1. The van der Waals surface area contributed by atoms with Gasteiger partial charge < -0.3 is 20.4 Å². The first-order valence-electron chi connectivity index (χ1n) is 10.5. The summed E-state index contributed by atoms with van der Waals surface area (Å²) in [5.74, 6) is 1.48. The molecular weight excluding hydrogens is 368 g/mol. The number of H-pyrrole nitrogens is 1. The molecule has 0 atom stereocenters. The maximum absolute atomic E-state index is 12.5. The minimum absolute atomic E-state index is 0.0587. The molecule has 1 saturated carbocycles. The number of benzene rings is 1. The van der Waals surface area contributed by atoms with Gasteiger partial charge in [-0.05, 0) is 64.5 Å². The molecule has 2 amide bonds. The second kappa shape index (κ2) is 9.29. The summed E-state index contributed by atoms with van der Waals surface area (Å²) in [5, 5.41) is 5.89. The number of ether oxygens (including phenoxy) is 1. The smallest absolute Gasteiger partial charge is 0.407 e. The van der Waals surface area contributed by atoms with Crippen LogP contribution in [0, 0.1) is 11.8 Å². The Kier molecular flexibility index (Phi) is 6.77. The van der Waals surface area contributed by atoms with Crippen LogP contribution in [0.15, 0.2) is 24.3 Å². The molecule has 0 aliphatic heterocycles. The van der Waals surface area contributed by atoms with Gasteiger partial charge >= 0.3 is 6.09 Å².